The van der Waals surface area contributed by atoms with Crippen molar-refractivity contribution in [2.24, 2.45) is 5.10 Å². The quantitative estimate of drug-likeness (QED) is 0.0333. The van der Waals surface area contributed by atoms with Crippen LogP contribution in [0.2, 0.25) is 0 Å². The minimum absolute atomic E-state index is 0.000728. The summed E-state index contributed by atoms with van der Waals surface area (Å²) >= 11 is 1.38. The van der Waals surface area contributed by atoms with Crippen LogP contribution in [0, 0.1) is 0 Å². The highest BCUT2D eigenvalue weighted by atomic mass is 32.1. The number of thiazole rings is 1. The topological polar surface area (TPSA) is 195 Å². The lowest BCUT2D eigenvalue weighted by Crippen LogP contribution is -2.13. The Balaban J connectivity index is 1.35. The number of para-hydroxylation sites is 1. The maximum Gasteiger partial charge on any atom is 0.343 e. The smallest absolute Gasteiger partial charge is 0.343 e. The maximum absolute atomic E-state index is 13.4. The molecule has 5 rings (SSSR count). The largest absolute Gasteiger partial charge is 0.462 e. The highest BCUT2D eigenvalue weighted by Crippen LogP contribution is 2.32. The number of benzene rings is 4. The Morgan fingerprint density at radius 3 is 1.90 bits per heavy atom. The number of nitrogens with one attached hydrogen (secondary N) is 1. The van der Waals surface area contributed by atoms with Crippen LogP contribution < -0.4 is 29.1 Å². The molecule has 0 radical (unpaired) electrons. The summed E-state index contributed by atoms with van der Waals surface area (Å²) in [5.41, 5.74) is 4.64. The van der Waals surface area contributed by atoms with E-state index >= 15 is 0 Å². The average molecular weight is 804 g/mol. The van der Waals surface area contributed by atoms with Crippen molar-refractivity contribution < 1.29 is 57.2 Å². The molecule has 0 bridgehead atoms. The van der Waals surface area contributed by atoms with E-state index in [9.17, 15) is 28.8 Å². The van der Waals surface area contributed by atoms with Crippen LogP contribution in [0.4, 0.5) is 5.13 Å². The predicted octanol–water partition coefficient (Wildman–Crippen LogP) is 6.95. The highest BCUT2D eigenvalue weighted by molar-refractivity contribution is 7.22. The van der Waals surface area contributed by atoms with Gasteiger partial charge in [0.15, 0.2) is 23.0 Å². The highest BCUT2D eigenvalue weighted by Gasteiger charge is 2.20. The van der Waals surface area contributed by atoms with E-state index in [0.717, 1.165) is 28.4 Å². The fourth-order valence-electron chi connectivity index (χ4n) is 4.77. The van der Waals surface area contributed by atoms with E-state index in [2.05, 4.69) is 35.2 Å². The maximum atomic E-state index is 13.4. The Labute approximate surface area is 334 Å². The number of carbonyl (C=O) groups is 6. The van der Waals surface area contributed by atoms with Crippen molar-refractivity contribution in [1.82, 2.24) is 4.98 Å². The van der Waals surface area contributed by atoms with Crippen molar-refractivity contribution in [1.29, 1.82) is 0 Å². The van der Waals surface area contributed by atoms with Gasteiger partial charge in [0.25, 0.3) is 0 Å². The Hall–Kier alpha value is -7.72. The molecule has 0 unspecified atom stereocenters. The first-order valence-electron chi connectivity index (χ1n) is 17.2. The fourth-order valence-corrected chi connectivity index (χ4v) is 5.59. The van der Waals surface area contributed by atoms with Crippen LogP contribution >= 0.6 is 11.3 Å². The van der Waals surface area contributed by atoms with Gasteiger partial charge in [-0.05, 0) is 66.2 Å². The summed E-state index contributed by atoms with van der Waals surface area (Å²) in [6.45, 7) is 11.5. The molecule has 0 saturated carbocycles. The lowest BCUT2D eigenvalue weighted by atomic mass is 10.1. The van der Waals surface area contributed by atoms with Crippen molar-refractivity contribution in [3.05, 3.63) is 139 Å². The SMILES string of the molecule is C=CC(=O)Oc1ccc(C(=O)OCCc2ccc(OC(=O)c3ccc(OC(=O)C=C)c(OC(=O)CC)c3)c(/C=N/Nc3nc4ccccc4s3)c2)cc1OC(=O)C=C. The molecule has 15 nitrogen and oxygen atoms in total. The number of rotatable bonds is 17. The van der Waals surface area contributed by atoms with Crippen molar-refractivity contribution in [2.75, 3.05) is 12.0 Å². The number of esters is 6. The number of nitrogens with zero attached hydrogens (tertiary/aromatic N) is 2. The first-order valence-corrected chi connectivity index (χ1v) is 18.0. The first kappa shape index (κ1) is 41.4. The van der Waals surface area contributed by atoms with Gasteiger partial charge in [-0.1, -0.05) is 56.2 Å². The monoisotopic (exact) mass is 803 g/mol. The van der Waals surface area contributed by atoms with Gasteiger partial charge in [0.2, 0.25) is 5.13 Å². The molecule has 1 N–H and O–H groups in total. The molecule has 0 amide bonds. The molecular weight excluding hydrogens is 771 g/mol. The van der Waals surface area contributed by atoms with E-state index in [4.69, 9.17) is 28.4 Å². The van der Waals surface area contributed by atoms with E-state index in [1.54, 1.807) is 19.1 Å². The van der Waals surface area contributed by atoms with Gasteiger partial charge in [-0.3, -0.25) is 10.2 Å². The third kappa shape index (κ3) is 11.2. The zero-order valence-electron chi connectivity index (χ0n) is 30.8. The van der Waals surface area contributed by atoms with E-state index in [1.807, 2.05) is 24.3 Å². The summed E-state index contributed by atoms with van der Waals surface area (Å²) in [6, 6.07) is 20.0. The molecule has 0 aliphatic rings. The second kappa shape index (κ2) is 19.7. The number of fused-ring (bicyclic) bond motifs is 1. The van der Waals surface area contributed by atoms with Crippen molar-refractivity contribution in [2.45, 2.75) is 19.8 Å². The average Bonchev–Trinajstić information content (AvgIpc) is 3.65. The van der Waals surface area contributed by atoms with Crippen LogP contribution in [0.1, 0.15) is 45.2 Å². The molecule has 0 spiro atoms. The second-order valence-electron chi connectivity index (χ2n) is 11.5. The number of carbonyl (C=O) groups excluding carboxylic acids is 6. The summed E-state index contributed by atoms with van der Waals surface area (Å²) in [4.78, 5) is 78.5. The molecular formula is C42H33N3O12S. The molecule has 0 fully saturated rings. The van der Waals surface area contributed by atoms with Gasteiger partial charge in [-0.25, -0.2) is 29.0 Å². The van der Waals surface area contributed by atoms with Gasteiger partial charge in [0.1, 0.15) is 5.75 Å². The van der Waals surface area contributed by atoms with Gasteiger partial charge in [-0.2, -0.15) is 5.10 Å². The van der Waals surface area contributed by atoms with Gasteiger partial charge in [0.05, 0.1) is 34.2 Å². The normalized spacial score (nSPS) is 10.6. The zero-order chi connectivity index (χ0) is 41.6. The number of anilines is 1. The number of aromatic nitrogens is 1. The molecule has 16 heteroatoms. The summed E-state index contributed by atoms with van der Waals surface area (Å²) in [7, 11) is 0. The molecule has 1 heterocycles. The van der Waals surface area contributed by atoms with Crippen LogP contribution in [-0.2, 0) is 30.3 Å². The molecule has 294 valence electrons. The first-order chi connectivity index (χ1) is 28.0. The number of ether oxygens (including phenoxy) is 6. The van der Waals surface area contributed by atoms with Crippen LogP contribution in [0.15, 0.2) is 122 Å². The third-order valence-corrected chi connectivity index (χ3v) is 8.50. The minimum Gasteiger partial charge on any atom is -0.462 e. The summed E-state index contributed by atoms with van der Waals surface area (Å²) < 4.78 is 32.8. The van der Waals surface area contributed by atoms with E-state index < -0.39 is 35.8 Å². The number of hydrogen-bond donors (Lipinski definition) is 1. The molecule has 1 aromatic heterocycles. The molecule has 5 aromatic rings. The fraction of sp³-hybridized carbons (Fsp3) is 0.0952. The van der Waals surface area contributed by atoms with E-state index in [1.165, 1.54) is 60.0 Å². The van der Waals surface area contributed by atoms with Gasteiger partial charge < -0.3 is 28.4 Å². The van der Waals surface area contributed by atoms with Gasteiger partial charge in [-0.15, -0.1) is 0 Å². The summed E-state index contributed by atoms with van der Waals surface area (Å²) in [5.74, 6) is -5.23. The molecule has 4 aromatic carbocycles. The van der Waals surface area contributed by atoms with Gasteiger partial charge >= 0.3 is 35.8 Å². The van der Waals surface area contributed by atoms with Crippen molar-refractivity contribution >= 4 is 68.7 Å². The van der Waals surface area contributed by atoms with E-state index in [-0.39, 0.29) is 59.3 Å². The van der Waals surface area contributed by atoms with Crippen LogP contribution in [0.5, 0.6) is 28.7 Å². The molecule has 0 aliphatic carbocycles. The third-order valence-electron chi connectivity index (χ3n) is 7.56. The molecule has 58 heavy (non-hydrogen) atoms. The van der Waals surface area contributed by atoms with Crippen molar-refractivity contribution in [3.8, 4) is 28.7 Å². The van der Waals surface area contributed by atoms with Crippen molar-refractivity contribution in [3.63, 3.8) is 0 Å². The lowest BCUT2D eigenvalue weighted by molar-refractivity contribution is -0.135. The molecule has 0 aliphatic heterocycles. The lowest BCUT2D eigenvalue weighted by Gasteiger charge is -2.13. The molecule has 0 atom stereocenters. The molecule has 0 saturated heterocycles. The Bertz CT molecular complexity index is 2440. The Kier molecular flexibility index (Phi) is 14.1. The van der Waals surface area contributed by atoms with Crippen LogP contribution in [0.3, 0.4) is 0 Å². The number of hydrazone groups is 1. The summed E-state index contributed by atoms with van der Waals surface area (Å²) in [5, 5.41) is 4.82. The van der Waals surface area contributed by atoms with Crippen LogP contribution in [-0.4, -0.2) is 53.6 Å². The Morgan fingerprint density at radius 1 is 0.690 bits per heavy atom. The minimum atomic E-state index is -0.850. The summed E-state index contributed by atoms with van der Waals surface area (Å²) in [6.07, 6.45) is 4.39. The second-order valence-corrected chi connectivity index (χ2v) is 12.6. The number of hydrogen-bond acceptors (Lipinski definition) is 16. The van der Waals surface area contributed by atoms with E-state index in [0.29, 0.717) is 16.3 Å². The van der Waals surface area contributed by atoms with Gasteiger partial charge in [0, 0.05) is 36.6 Å². The standard InChI is InChI=1S/C42H33N3O12S/c1-5-36(46)53-31-17-14-26(22-33(31)55-38(48)7-3)40(50)52-20-19-25-13-16-30(28(21-25)24-43-45-42-44-29-11-9-10-12-35(29)58-42)57-41(51)27-15-18-32(54-37(47)6-2)34(23-27)56-39(49)8-4/h5-7,9-18,21-24H,1-3,8,19-20H2,4H3,(H,44,45)/b43-24+. The Morgan fingerprint density at radius 2 is 1.28 bits per heavy atom. The predicted molar refractivity (Wildman–Crippen MR) is 213 cm³/mol. The zero-order valence-corrected chi connectivity index (χ0v) is 31.6. The van der Waals surface area contributed by atoms with Crippen LogP contribution in [0.25, 0.3) is 10.2 Å².